The van der Waals surface area contributed by atoms with E-state index in [1.54, 1.807) is 48.5 Å². The molecule has 0 saturated heterocycles. The van der Waals surface area contributed by atoms with Crippen LogP contribution in [0.3, 0.4) is 0 Å². The molecule has 2 N–H and O–H groups in total. The minimum Gasteiger partial charge on any atom is -0.507 e. The molecule has 6 rings (SSSR count). The van der Waals surface area contributed by atoms with Gasteiger partial charge in [0.15, 0.2) is 0 Å². The molecular weight excluding hydrogens is 671 g/mol. The fourth-order valence-corrected chi connectivity index (χ4v) is 6.37. The first-order chi connectivity index (χ1) is 23.9. The molecule has 6 aromatic carbocycles. The van der Waals surface area contributed by atoms with Crippen molar-refractivity contribution in [1.82, 2.24) is 0 Å². The summed E-state index contributed by atoms with van der Waals surface area (Å²) in [5, 5.41) is 24.4. The van der Waals surface area contributed by atoms with Gasteiger partial charge in [-0.3, -0.25) is 9.59 Å². The monoisotopic (exact) mass is 708 g/mol. The molecule has 0 heterocycles. The zero-order valence-corrected chi connectivity index (χ0v) is 29.7. The third-order valence-corrected chi connectivity index (χ3v) is 8.50. The van der Waals surface area contributed by atoms with E-state index >= 15 is 0 Å². The maximum atomic E-state index is 12.9. The Kier molecular flexibility index (Phi) is 11.7. The lowest BCUT2D eigenvalue weighted by Crippen LogP contribution is -2.21. The molecular formula is C42H38Cl2O6. The Morgan fingerprint density at radius 1 is 0.500 bits per heavy atom. The molecule has 0 aliphatic heterocycles. The lowest BCUT2D eigenvalue weighted by molar-refractivity contribution is -0.149. The molecule has 50 heavy (non-hydrogen) atoms. The Balaban J connectivity index is 0.000000194. The molecule has 0 aliphatic rings. The number of rotatable bonds is 8. The minimum absolute atomic E-state index is 0.182. The summed E-state index contributed by atoms with van der Waals surface area (Å²) in [6.45, 7) is 7.29. The smallest absolute Gasteiger partial charge is 0.318 e. The molecule has 0 amide bonds. The van der Waals surface area contributed by atoms with E-state index in [1.165, 1.54) is 0 Å². The summed E-state index contributed by atoms with van der Waals surface area (Å²) in [6.07, 6.45) is -0.449. The van der Waals surface area contributed by atoms with Gasteiger partial charge in [0.25, 0.3) is 0 Å². The summed E-state index contributed by atoms with van der Waals surface area (Å²) in [6, 6.07) is 36.1. The van der Waals surface area contributed by atoms with Crippen LogP contribution in [-0.2, 0) is 19.1 Å². The van der Waals surface area contributed by atoms with Crippen LogP contribution in [0.25, 0.3) is 21.5 Å². The van der Waals surface area contributed by atoms with Crippen LogP contribution in [0.15, 0.2) is 121 Å². The van der Waals surface area contributed by atoms with Crippen molar-refractivity contribution < 1.29 is 29.3 Å². The van der Waals surface area contributed by atoms with Crippen LogP contribution in [0.4, 0.5) is 0 Å². The first kappa shape index (κ1) is 36.2. The van der Waals surface area contributed by atoms with Crippen molar-refractivity contribution in [1.29, 1.82) is 0 Å². The van der Waals surface area contributed by atoms with E-state index in [-0.39, 0.29) is 35.6 Å². The molecule has 0 aromatic heterocycles. The zero-order chi connectivity index (χ0) is 35.9. The molecule has 6 aromatic rings. The molecule has 0 radical (unpaired) electrons. The van der Waals surface area contributed by atoms with Gasteiger partial charge in [-0.25, -0.2) is 0 Å². The molecule has 0 spiro atoms. The number of phenols is 2. The number of hydrogen-bond donors (Lipinski definition) is 2. The predicted molar refractivity (Wildman–Crippen MR) is 200 cm³/mol. The van der Waals surface area contributed by atoms with Crippen LogP contribution in [0.1, 0.15) is 61.8 Å². The normalized spacial score (nSPS) is 12.3. The minimum atomic E-state index is -0.619. The SMILES string of the molecule is CC(C)OC(=O)[C@@H](c1cccc(Cl)c1)c1ccc(O)c2ccccc12.CC(C)OC(=O)[C@H](c1cccc(Cl)c1)c1ccc(O)c2ccccc12. The number of aromatic hydroxyl groups is 2. The second kappa shape index (κ2) is 16.1. The van der Waals surface area contributed by atoms with E-state index in [0.29, 0.717) is 20.8 Å². The predicted octanol–water partition coefficient (Wildman–Crippen LogP) is 10.6. The number of halogens is 2. The molecule has 0 unspecified atom stereocenters. The van der Waals surface area contributed by atoms with Gasteiger partial charge in [-0.15, -0.1) is 0 Å². The molecule has 0 fully saturated rings. The highest BCUT2D eigenvalue weighted by atomic mass is 35.5. The van der Waals surface area contributed by atoms with Crippen molar-refractivity contribution in [3.8, 4) is 11.5 Å². The van der Waals surface area contributed by atoms with Gasteiger partial charge < -0.3 is 19.7 Å². The maximum absolute atomic E-state index is 12.9. The number of fused-ring (bicyclic) bond motifs is 2. The second-order valence-corrected chi connectivity index (χ2v) is 13.3. The topological polar surface area (TPSA) is 93.1 Å². The Morgan fingerprint density at radius 3 is 1.20 bits per heavy atom. The lowest BCUT2D eigenvalue weighted by atomic mass is 9.87. The Bertz CT molecular complexity index is 1990. The zero-order valence-electron chi connectivity index (χ0n) is 28.1. The van der Waals surface area contributed by atoms with Crippen molar-refractivity contribution in [3.63, 3.8) is 0 Å². The van der Waals surface area contributed by atoms with Gasteiger partial charge in [-0.05, 0) is 97.1 Å². The number of carbonyl (C=O) groups excluding carboxylic acids is 2. The summed E-state index contributed by atoms with van der Waals surface area (Å²) < 4.78 is 11.0. The highest BCUT2D eigenvalue weighted by molar-refractivity contribution is 6.31. The Hall–Kier alpha value is -5.04. The number of ether oxygens (including phenoxy) is 2. The highest BCUT2D eigenvalue weighted by Gasteiger charge is 2.29. The molecule has 0 bridgehead atoms. The van der Waals surface area contributed by atoms with Crippen LogP contribution in [0.2, 0.25) is 10.0 Å². The van der Waals surface area contributed by atoms with Crippen LogP contribution in [-0.4, -0.2) is 34.4 Å². The van der Waals surface area contributed by atoms with E-state index in [0.717, 1.165) is 33.0 Å². The fourth-order valence-electron chi connectivity index (χ4n) is 5.97. The quantitative estimate of drug-likeness (QED) is 0.153. The molecule has 2 atom stereocenters. The van der Waals surface area contributed by atoms with Crippen molar-refractivity contribution in [2.24, 2.45) is 0 Å². The third kappa shape index (κ3) is 8.39. The van der Waals surface area contributed by atoms with Gasteiger partial charge in [-0.2, -0.15) is 0 Å². The second-order valence-electron chi connectivity index (χ2n) is 12.4. The number of benzene rings is 6. The summed E-state index contributed by atoms with van der Waals surface area (Å²) in [5.74, 6) is -1.55. The van der Waals surface area contributed by atoms with E-state index in [2.05, 4.69) is 0 Å². The average Bonchev–Trinajstić information content (AvgIpc) is 3.07. The fraction of sp³-hybridized carbons (Fsp3) is 0.190. The van der Waals surface area contributed by atoms with Crippen molar-refractivity contribution in [2.75, 3.05) is 0 Å². The standard InChI is InChI=1S/2C21H19ClO3/c2*1-13(2)25-21(24)20(14-6-5-7-15(22)12-14)18-10-11-19(23)17-9-4-3-8-16(17)18/h2*3-13,20,23H,1-2H3/t2*20-/m10/s1. The highest BCUT2D eigenvalue weighted by Crippen LogP contribution is 2.38. The molecule has 0 saturated carbocycles. The van der Waals surface area contributed by atoms with Gasteiger partial charge in [0.2, 0.25) is 0 Å². The summed E-state index contributed by atoms with van der Waals surface area (Å²) >= 11 is 12.3. The first-order valence-electron chi connectivity index (χ1n) is 16.3. The van der Waals surface area contributed by atoms with Crippen LogP contribution in [0.5, 0.6) is 11.5 Å². The maximum Gasteiger partial charge on any atom is 0.318 e. The van der Waals surface area contributed by atoms with Gasteiger partial charge in [0.05, 0.1) is 12.2 Å². The number of carbonyl (C=O) groups is 2. The molecule has 256 valence electrons. The third-order valence-electron chi connectivity index (χ3n) is 8.03. The molecule has 0 aliphatic carbocycles. The van der Waals surface area contributed by atoms with E-state index in [9.17, 15) is 19.8 Å². The molecule has 6 nitrogen and oxygen atoms in total. The lowest BCUT2D eigenvalue weighted by Gasteiger charge is -2.21. The van der Waals surface area contributed by atoms with E-state index in [1.807, 2.05) is 100 Å². The van der Waals surface area contributed by atoms with Gasteiger partial charge in [-0.1, -0.05) is 108 Å². The average molecular weight is 710 g/mol. The summed E-state index contributed by atoms with van der Waals surface area (Å²) in [4.78, 5) is 25.7. The van der Waals surface area contributed by atoms with Gasteiger partial charge in [0, 0.05) is 20.8 Å². The van der Waals surface area contributed by atoms with E-state index in [4.69, 9.17) is 32.7 Å². The van der Waals surface area contributed by atoms with E-state index < -0.39 is 11.8 Å². The van der Waals surface area contributed by atoms with Crippen LogP contribution in [0, 0.1) is 0 Å². The van der Waals surface area contributed by atoms with Gasteiger partial charge >= 0.3 is 11.9 Å². The number of hydrogen-bond acceptors (Lipinski definition) is 6. The largest absolute Gasteiger partial charge is 0.507 e. The van der Waals surface area contributed by atoms with Gasteiger partial charge in [0.1, 0.15) is 23.3 Å². The number of esters is 2. The summed E-state index contributed by atoms with van der Waals surface area (Å²) in [5.41, 5.74) is 3.07. The Labute approximate surface area is 301 Å². The molecule has 8 heteroatoms. The van der Waals surface area contributed by atoms with Crippen molar-refractivity contribution >= 4 is 56.7 Å². The van der Waals surface area contributed by atoms with Crippen molar-refractivity contribution in [3.05, 3.63) is 154 Å². The van der Waals surface area contributed by atoms with Crippen LogP contribution >= 0.6 is 23.2 Å². The number of phenolic OH excluding ortho intramolecular Hbond substituents is 2. The van der Waals surface area contributed by atoms with Crippen LogP contribution < -0.4 is 0 Å². The Morgan fingerprint density at radius 2 is 0.860 bits per heavy atom. The first-order valence-corrected chi connectivity index (χ1v) is 17.0. The van der Waals surface area contributed by atoms with Crippen molar-refractivity contribution in [2.45, 2.75) is 51.7 Å². The summed E-state index contributed by atoms with van der Waals surface area (Å²) in [7, 11) is 0.